The van der Waals surface area contributed by atoms with Crippen molar-refractivity contribution in [1.29, 1.82) is 0 Å². The third-order valence-corrected chi connectivity index (χ3v) is 3.77. The fraction of sp³-hybridized carbons (Fsp3) is 0.0769. The fourth-order valence-electron chi connectivity index (χ4n) is 1.90. The highest BCUT2D eigenvalue weighted by molar-refractivity contribution is 7.80. The third-order valence-electron chi connectivity index (χ3n) is 2.67. The summed E-state index contributed by atoms with van der Waals surface area (Å²) < 4.78 is 17.2. The van der Waals surface area contributed by atoms with E-state index in [1.54, 1.807) is 0 Å². The minimum atomic E-state index is -1.33. The molecule has 0 saturated carbocycles. The molecule has 0 aromatic heterocycles. The van der Waals surface area contributed by atoms with Gasteiger partial charge in [0.1, 0.15) is 6.10 Å². The monoisotopic (exact) mass is 230 g/mol. The lowest BCUT2D eigenvalue weighted by molar-refractivity contribution is 0.292. The molecule has 1 heterocycles. The van der Waals surface area contributed by atoms with Gasteiger partial charge in [-0.15, -0.1) is 0 Å². The second-order valence-electron chi connectivity index (χ2n) is 3.66. The van der Waals surface area contributed by atoms with Gasteiger partial charge in [-0.1, -0.05) is 48.5 Å². The van der Waals surface area contributed by atoms with Gasteiger partial charge in [0.25, 0.3) is 0 Å². The number of fused-ring (bicyclic) bond motifs is 1. The van der Waals surface area contributed by atoms with Gasteiger partial charge in [0.05, 0.1) is 4.90 Å². The van der Waals surface area contributed by atoms with Crippen LogP contribution in [0, 0.1) is 0 Å². The molecule has 1 aliphatic rings. The van der Waals surface area contributed by atoms with Crippen LogP contribution in [0.5, 0.6) is 0 Å². The fourth-order valence-corrected chi connectivity index (χ4v) is 2.95. The molecule has 0 saturated heterocycles. The van der Waals surface area contributed by atoms with Crippen LogP contribution in [0.15, 0.2) is 59.5 Å². The molecule has 16 heavy (non-hydrogen) atoms. The summed E-state index contributed by atoms with van der Waals surface area (Å²) in [6.45, 7) is 0. The largest absolute Gasteiger partial charge is 0.274 e. The van der Waals surface area contributed by atoms with E-state index in [-0.39, 0.29) is 6.10 Å². The van der Waals surface area contributed by atoms with Gasteiger partial charge in [-0.3, -0.25) is 4.18 Å². The quantitative estimate of drug-likeness (QED) is 0.753. The number of hydrogen-bond acceptors (Lipinski definition) is 2. The molecule has 0 spiro atoms. The van der Waals surface area contributed by atoms with E-state index in [4.69, 9.17) is 4.18 Å². The van der Waals surface area contributed by atoms with Crippen molar-refractivity contribution in [3.63, 3.8) is 0 Å². The van der Waals surface area contributed by atoms with Crippen molar-refractivity contribution in [3.05, 3.63) is 65.7 Å². The van der Waals surface area contributed by atoms with Crippen LogP contribution in [0.25, 0.3) is 0 Å². The zero-order valence-electron chi connectivity index (χ0n) is 8.50. The average Bonchev–Trinajstić information content (AvgIpc) is 2.69. The summed E-state index contributed by atoms with van der Waals surface area (Å²) in [7, 11) is 0. The smallest absolute Gasteiger partial charge is 0.190 e. The molecule has 0 fully saturated rings. The van der Waals surface area contributed by atoms with Gasteiger partial charge >= 0.3 is 0 Å². The Labute approximate surface area is 96.5 Å². The van der Waals surface area contributed by atoms with Crippen LogP contribution in [0.2, 0.25) is 0 Å². The molecular formula is C13H10O2S. The topological polar surface area (TPSA) is 26.3 Å². The van der Waals surface area contributed by atoms with Gasteiger partial charge in [0.15, 0.2) is 11.1 Å². The van der Waals surface area contributed by atoms with Crippen molar-refractivity contribution < 1.29 is 8.39 Å². The Morgan fingerprint density at radius 2 is 1.62 bits per heavy atom. The van der Waals surface area contributed by atoms with Crippen molar-refractivity contribution in [2.75, 3.05) is 0 Å². The summed E-state index contributed by atoms with van der Waals surface area (Å²) in [6, 6.07) is 17.5. The van der Waals surface area contributed by atoms with Gasteiger partial charge in [0, 0.05) is 5.56 Å². The lowest BCUT2D eigenvalue weighted by atomic mass is 10.0. The number of benzene rings is 2. The molecule has 3 heteroatoms. The standard InChI is InChI=1S/C13H10O2S/c14-16-12-9-5-4-8-11(12)13(15-16)10-6-2-1-3-7-10/h1-9,13H/t13-,16?/m0/s1. The first-order chi connectivity index (χ1) is 7.86. The zero-order chi connectivity index (χ0) is 11.0. The predicted octanol–water partition coefficient (Wildman–Crippen LogP) is 2.83. The Morgan fingerprint density at radius 3 is 2.44 bits per heavy atom. The number of rotatable bonds is 1. The molecule has 0 radical (unpaired) electrons. The molecule has 80 valence electrons. The molecule has 1 aliphatic heterocycles. The highest BCUT2D eigenvalue weighted by Gasteiger charge is 2.30. The maximum Gasteiger partial charge on any atom is 0.190 e. The Kier molecular flexibility index (Phi) is 2.35. The number of hydrogen-bond donors (Lipinski definition) is 0. The molecule has 2 nitrogen and oxygen atoms in total. The molecule has 1 unspecified atom stereocenters. The summed E-state index contributed by atoms with van der Waals surface area (Å²) >= 11 is -1.33. The normalized spacial score (nSPS) is 23.0. The molecule has 0 N–H and O–H groups in total. The molecule has 0 bridgehead atoms. The molecule has 0 aliphatic carbocycles. The Bertz CT molecular complexity index is 537. The lowest BCUT2D eigenvalue weighted by Crippen LogP contribution is -1.98. The summed E-state index contributed by atoms with van der Waals surface area (Å²) in [4.78, 5) is 0.788. The summed E-state index contributed by atoms with van der Waals surface area (Å²) in [5.41, 5.74) is 2.05. The van der Waals surface area contributed by atoms with Crippen LogP contribution in [0.1, 0.15) is 17.2 Å². The van der Waals surface area contributed by atoms with E-state index >= 15 is 0 Å². The summed E-state index contributed by atoms with van der Waals surface area (Å²) in [5, 5.41) is 0. The van der Waals surface area contributed by atoms with Crippen LogP contribution >= 0.6 is 0 Å². The van der Waals surface area contributed by atoms with Crippen molar-refractivity contribution >= 4 is 11.1 Å². The lowest BCUT2D eigenvalue weighted by Gasteiger charge is -2.08. The van der Waals surface area contributed by atoms with Crippen LogP contribution < -0.4 is 0 Å². The molecule has 2 atom stereocenters. The summed E-state index contributed by atoms with van der Waals surface area (Å²) in [5.74, 6) is 0. The Balaban J connectivity index is 2.11. The molecule has 2 aromatic carbocycles. The van der Waals surface area contributed by atoms with Gasteiger partial charge < -0.3 is 0 Å². The molecule has 0 amide bonds. The van der Waals surface area contributed by atoms with E-state index in [1.807, 2.05) is 54.6 Å². The predicted molar refractivity (Wildman–Crippen MR) is 62.2 cm³/mol. The Hall–Kier alpha value is -1.45. The maximum atomic E-state index is 11.7. The minimum absolute atomic E-state index is 0.196. The minimum Gasteiger partial charge on any atom is -0.274 e. The van der Waals surface area contributed by atoms with Crippen LogP contribution in [0.4, 0.5) is 0 Å². The van der Waals surface area contributed by atoms with Crippen molar-refractivity contribution in [3.8, 4) is 0 Å². The molecular weight excluding hydrogens is 220 g/mol. The second-order valence-corrected chi connectivity index (χ2v) is 4.76. The highest BCUT2D eigenvalue weighted by Crippen LogP contribution is 2.37. The van der Waals surface area contributed by atoms with Crippen molar-refractivity contribution in [2.45, 2.75) is 11.0 Å². The van der Waals surface area contributed by atoms with Gasteiger partial charge in [-0.2, -0.15) is 0 Å². The Morgan fingerprint density at radius 1 is 0.938 bits per heavy atom. The van der Waals surface area contributed by atoms with Crippen LogP contribution in [-0.2, 0) is 15.3 Å². The van der Waals surface area contributed by atoms with E-state index in [1.165, 1.54) is 0 Å². The van der Waals surface area contributed by atoms with E-state index in [2.05, 4.69) is 0 Å². The van der Waals surface area contributed by atoms with Gasteiger partial charge in [-0.25, -0.2) is 4.21 Å². The highest BCUT2D eigenvalue weighted by atomic mass is 32.2. The van der Waals surface area contributed by atoms with Crippen molar-refractivity contribution in [2.24, 2.45) is 0 Å². The van der Waals surface area contributed by atoms with E-state index < -0.39 is 11.1 Å². The van der Waals surface area contributed by atoms with E-state index in [0.717, 1.165) is 16.0 Å². The molecule has 2 aromatic rings. The first-order valence-electron chi connectivity index (χ1n) is 5.09. The first kappa shape index (κ1) is 9.75. The first-order valence-corrected chi connectivity index (χ1v) is 6.16. The second kappa shape index (κ2) is 3.85. The SMILES string of the molecule is O=S1O[C@@H](c2ccccc2)c2ccccc21. The van der Waals surface area contributed by atoms with Crippen molar-refractivity contribution in [1.82, 2.24) is 0 Å². The maximum absolute atomic E-state index is 11.7. The van der Waals surface area contributed by atoms with E-state index in [9.17, 15) is 4.21 Å². The third kappa shape index (κ3) is 1.49. The average molecular weight is 230 g/mol. The van der Waals surface area contributed by atoms with Gasteiger partial charge in [0.2, 0.25) is 0 Å². The molecule has 3 rings (SSSR count). The summed E-state index contributed by atoms with van der Waals surface area (Å²) in [6.07, 6.45) is -0.196. The van der Waals surface area contributed by atoms with Crippen LogP contribution in [-0.4, -0.2) is 4.21 Å². The van der Waals surface area contributed by atoms with Gasteiger partial charge in [-0.05, 0) is 11.6 Å². The van der Waals surface area contributed by atoms with E-state index in [0.29, 0.717) is 0 Å². The zero-order valence-corrected chi connectivity index (χ0v) is 9.31. The van der Waals surface area contributed by atoms with Crippen LogP contribution in [0.3, 0.4) is 0 Å².